The zero-order chi connectivity index (χ0) is 13.1. The minimum atomic E-state index is -0.0414. The standard InChI is InChI=1S/C14H27N3O/c1-10-6-4-5-7-13(10)17(3)14(18)12-9-15-11(2)8-16-12/h10-13,15-16H,4-9H2,1-3H3. The van der Waals surface area contributed by atoms with Gasteiger partial charge in [0, 0.05) is 32.2 Å². The van der Waals surface area contributed by atoms with Gasteiger partial charge in [-0.3, -0.25) is 4.79 Å². The van der Waals surface area contributed by atoms with Gasteiger partial charge >= 0.3 is 0 Å². The molecule has 18 heavy (non-hydrogen) atoms. The Morgan fingerprint density at radius 1 is 1.11 bits per heavy atom. The van der Waals surface area contributed by atoms with E-state index in [9.17, 15) is 4.79 Å². The van der Waals surface area contributed by atoms with Gasteiger partial charge in [-0.2, -0.15) is 0 Å². The van der Waals surface area contributed by atoms with E-state index >= 15 is 0 Å². The first-order valence-corrected chi connectivity index (χ1v) is 7.33. The molecule has 4 atom stereocenters. The average molecular weight is 253 g/mol. The lowest BCUT2D eigenvalue weighted by atomic mass is 9.85. The predicted molar refractivity (Wildman–Crippen MR) is 73.4 cm³/mol. The number of piperazine rings is 1. The van der Waals surface area contributed by atoms with Crippen LogP contribution in [-0.4, -0.2) is 49.1 Å². The summed E-state index contributed by atoms with van der Waals surface area (Å²) in [7, 11) is 1.98. The molecule has 1 saturated heterocycles. The van der Waals surface area contributed by atoms with E-state index in [0.29, 0.717) is 18.0 Å². The van der Waals surface area contributed by atoms with Crippen molar-refractivity contribution >= 4 is 5.91 Å². The molecule has 1 saturated carbocycles. The maximum absolute atomic E-state index is 12.5. The molecule has 1 amide bonds. The summed E-state index contributed by atoms with van der Waals surface area (Å²) < 4.78 is 0. The van der Waals surface area contributed by atoms with Crippen molar-refractivity contribution < 1.29 is 4.79 Å². The number of nitrogens with zero attached hydrogens (tertiary/aromatic N) is 1. The summed E-state index contributed by atoms with van der Waals surface area (Å²) in [4.78, 5) is 14.5. The number of nitrogens with one attached hydrogen (secondary N) is 2. The first-order chi connectivity index (χ1) is 8.59. The summed E-state index contributed by atoms with van der Waals surface area (Å²) in [5.41, 5.74) is 0. The fourth-order valence-corrected chi connectivity index (χ4v) is 3.24. The molecule has 1 aliphatic carbocycles. The molecule has 4 unspecified atom stereocenters. The van der Waals surface area contributed by atoms with Crippen molar-refractivity contribution in [2.75, 3.05) is 20.1 Å². The molecule has 0 spiro atoms. The molecule has 0 aromatic rings. The molecule has 4 heteroatoms. The van der Waals surface area contributed by atoms with Crippen molar-refractivity contribution in [3.05, 3.63) is 0 Å². The van der Waals surface area contributed by atoms with Crippen molar-refractivity contribution in [1.29, 1.82) is 0 Å². The van der Waals surface area contributed by atoms with Gasteiger partial charge in [0.1, 0.15) is 0 Å². The zero-order valence-electron chi connectivity index (χ0n) is 11.9. The smallest absolute Gasteiger partial charge is 0.241 e. The highest BCUT2D eigenvalue weighted by atomic mass is 16.2. The van der Waals surface area contributed by atoms with E-state index in [4.69, 9.17) is 0 Å². The SMILES string of the molecule is CC1CNC(C(=O)N(C)C2CCCCC2C)CN1. The fraction of sp³-hybridized carbons (Fsp3) is 0.929. The molecule has 0 radical (unpaired) electrons. The number of hydrogen-bond acceptors (Lipinski definition) is 3. The third-order valence-corrected chi connectivity index (χ3v) is 4.55. The Balaban J connectivity index is 1.91. The Hall–Kier alpha value is -0.610. The van der Waals surface area contributed by atoms with E-state index in [1.807, 2.05) is 11.9 Å². The van der Waals surface area contributed by atoms with Crippen LogP contribution in [0.25, 0.3) is 0 Å². The van der Waals surface area contributed by atoms with Crippen molar-refractivity contribution in [2.24, 2.45) is 5.92 Å². The number of hydrogen-bond donors (Lipinski definition) is 2. The molecule has 2 N–H and O–H groups in total. The van der Waals surface area contributed by atoms with E-state index in [1.165, 1.54) is 25.7 Å². The van der Waals surface area contributed by atoms with E-state index in [2.05, 4.69) is 24.5 Å². The number of amides is 1. The number of carbonyl (C=O) groups is 1. The van der Waals surface area contributed by atoms with Gasteiger partial charge in [-0.15, -0.1) is 0 Å². The van der Waals surface area contributed by atoms with Crippen LogP contribution in [0.2, 0.25) is 0 Å². The van der Waals surface area contributed by atoms with Gasteiger partial charge in [0.2, 0.25) is 5.91 Å². The maximum Gasteiger partial charge on any atom is 0.241 e. The molecule has 2 aliphatic rings. The van der Waals surface area contributed by atoms with Crippen molar-refractivity contribution in [3.63, 3.8) is 0 Å². The van der Waals surface area contributed by atoms with Gasteiger partial charge in [0.05, 0.1) is 6.04 Å². The van der Waals surface area contributed by atoms with Gasteiger partial charge < -0.3 is 15.5 Å². The first kappa shape index (κ1) is 13.8. The minimum Gasteiger partial charge on any atom is -0.341 e. The highest BCUT2D eigenvalue weighted by Crippen LogP contribution is 2.27. The molecule has 2 rings (SSSR count). The van der Waals surface area contributed by atoms with Crippen LogP contribution in [-0.2, 0) is 4.79 Å². The lowest BCUT2D eigenvalue weighted by molar-refractivity contribution is -0.136. The molecule has 0 bridgehead atoms. The summed E-state index contributed by atoms with van der Waals surface area (Å²) in [6, 6.07) is 0.862. The highest BCUT2D eigenvalue weighted by molar-refractivity contribution is 5.82. The summed E-state index contributed by atoms with van der Waals surface area (Å²) in [5, 5.41) is 6.72. The highest BCUT2D eigenvalue weighted by Gasteiger charge is 2.32. The van der Waals surface area contributed by atoms with Crippen LogP contribution >= 0.6 is 0 Å². The van der Waals surface area contributed by atoms with Gasteiger partial charge in [-0.05, 0) is 25.7 Å². The van der Waals surface area contributed by atoms with E-state index in [1.54, 1.807) is 0 Å². The third kappa shape index (κ3) is 3.04. The van der Waals surface area contributed by atoms with Crippen molar-refractivity contribution in [3.8, 4) is 0 Å². The van der Waals surface area contributed by atoms with Crippen molar-refractivity contribution in [2.45, 2.75) is 57.7 Å². The Kier molecular flexibility index (Phi) is 4.62. The fourth-order valence-electron chi connectivity index (χ4n) is 3.24. The monoisotopic (exact) mass is 253 g/mol. The van der Waals surface area contributed by atoms with Crippen LogP contribution in [0.15, 0.2) is 0 Å². The Morgan fingerprint density at radius 3 is 2.44 bits per heavy atom. The Morgan fingerprint density at radius 2 is 1.83 bits per heavy atom. The van der Waals surface area contributed by atoms with E-state index in [0.717, 1.165) is 13.1 Å². The first-order valence-electron chi connectivity index (χ1n) is 7.33. The lowest BCUT2D eigenvalue weighted by Crippen LogP contribution is -2.60. The van der Waals surface area contributed by atoms with Crippen LogP contribution in [0.3, 0.4) is 0 Å². The lowest BCUT2D eigenvalue weighted by Gasteiger charge is -2.39. The summed E-state index contributed by atoms with van der Waals surface area (Å²) in [6.45, 7) is 6.05. The summed E-state index contributed by atoms with van der Waals surface area (Å²) in [6.07, 6.45) is 5.01. The molecule has 4 nitrogen and oxygen atoms in total. The molecule has 2 fully saturated rings. The van der Waals surface area contributed by atoms with Crippen LogP contribution in [0.1, 0.15) is 39.5 Å². The van der Waals surface area contributed by atoms with Crippen LogP contribution in [0, 0.1) is 5.92 Å². The summed E-state index contributed by atoms with van der Waals surface area (Å²) in [5.74, 6) is 0.899. The van der Waals surface area contributed by atoms with E-state index in [-0.39, 0.29) is 11.9 Å². The second-order valence-electron chi connectivity index (χ2n) is 6.05. The topological polar surface area (TPSA) is 44.4 Å². The van der Waals surface area contributed by atoms with Crippen molar-refractivity contribution in [1.82, 2.24) is 15.5 Å². The Labute approximate surface area is 110 Å². The molecular weight excluding hydrogens is 226 g/mol. The van der Waals surface area contributed by atoms with Gasteiger partial charge in [0.15, 0.2) is 0 Å². The van der Waals surface area contributed by atoms with E-state index < -0.39 is 0 Å². The molecular formula is C14H27N3O. The normalized spacial score (nSPS) is 37.3. The quantitative estimate of drug-likeness (QED) is 0.771. The minimum absolute atomic E-state index is 0.0414. The number of likely N-dealkylation sites (N-methyl/N-ethyl adjacent to an activating group) is 1. The molecule has 0 aromatic carbocycles. The number of rotatable bonds is 2. The Bertz CT molecular complexity index is 287. The molecule has 1 heterocycles. The van der Waals surface area contributed by atoms with Gasteiger partial charge in [0.25, 0.3) is 0 Å². The zero-order valence-corrected chi connectivity index (χ0v) is 11.9. The average Bonchev–Trinajstić information content (AvgIpc) is 2.38. The van der Waals surface area contributed by atoms with Crippen LogP contribution in [0.5, 0.6) is 0 Å². The second-order valence-corrected chi connectivity index (χ2v) is 6.05. The largest absolute Gasteiger partial charge is 0.341 e. The molecule has 104 valence electrons. The van der Waals surface area contributed by atoms with Gasteiger partial charge in [-0.25, -0.2) is 0 Å². The number of carbonyl (C=O) groups excluding carboxylic acids is 1. The van der Waals surface area contributed by atoms with Gasteiger partial charge in [-0.1, -0.05) is 19.8 Å². The maximum atomic E-state index is 12.5. The molecule has 1 aliphatic heterocycles. The predicted octanol–water partition coefficient (Wildman–Crippen LogP) is 0.973. The summed E-state index contributed by atoms with van der Waals surface area (Å²) >= 11 is 0. The second kappa shape index (κ2) is 6.02. The molecule has 0 aromatic heterocycles. The van der Waals surface area contributed by atoms with Crippen LogP contribution < -0.4 is 10.6 Å². The third-order valence-electron chi connectivity index (χ3n) is 4.55. The van der Waals surface area contributed by atoms with Crippen LogP contribution in [0.4, 0.5) is 0 Å².